The number of phenolic OH excluding ortho intramolecular Hbond substituents is 1. The SMILES string of the molecule is CC(=O)O[C@H]1CN(CCN(C)C)c2ccc(Cl)cc2S[C@H]1c1ccc(O)cc1. The number of benzene rings is 2. The highest BCUT2D eigenvalue weighted by Crippen LogP contribution is 2.47. The van der Waals surface area contributed by atoms with Crippen LogP contribution in [0.1, 0.15) is 17.7 Å². The minimum Gasteiger partial charge on any atom is -0.508 e. The van der Waals surface area contributed by atoms with Gasteiger partial charge >= 0.3 is 5.97 Å². The van der Waals surface area contributed by atoms with E-state index in [1.807, 2.05) is 44.4 Å². The van der Waals surface area contributed by atoms with E-state index in [9.17, 15) is 9.90 Å². The van der Waals surface area contributed by atoms with Crippen molar-refractivity contribution in [3.63, 3.8) is 0 Å². The molecule has 150 valence electrons. The smallest absolute Gasteiger partial charge is 0.303 e. The number of likely N-dealkylation sites (N-methyl/N-ethyl adjacent to an activating group) is 1. The average molecular weight is 421 g/mol. The first-order chi connectivity index (χ1) is 13.3. The molecule has 3 rings (SSSR count). The van der Waals surface area contributed by atoms with E-state index in [4.69, 9.17) is 16.3 Å². The minimum atomic E-state index is -0.333. The van der Waals surface area contributed by atoms with Crippen molar-refractivity contribution in [2.45, 2.75) is 23.2 Å². The summed E-state index contributed by atoms with van der Waals surface area (Å²) in [7, 11) is 4.08. The number of halogens is 1. The van der Waals surface area contributed by atoms with E-state index in [0.29, 0.717) is 11.6 Å². The van der Waals surface area contributed by atoms with E-state index in [1.165, 1.54) is 6.92 Å². The molecule has 0 aromatic heterocycles. The molecule has 1 aliphatic rings. The van der Waals surface area contributed by atoms with Crippen LogP contribution in [0.2, 0.25) is 5.02 Å². The zero-order valence-corrected chi connectivity index (χ0v) is 17.8. The van der Waals surface area contributed by atoms with Gasteiger partial charge in [0.1, 0.15) is 11.9 Å². The molecule has 2 aromatic carbocycles. The maximum Gasteiger partial charge on any atom is 0.303 e. The van der Waals surface area contributed by atoms with E-state index in [2.05, 4.69) is 9.80 Å². The van der Waals surface area contributed by atoms with Crippen molar-refractivity contribution in [2.24, 2.45) is 0 Å². The van der Waals surface area contributed by atoms with Crippen LogP contribution < -0.4 is 4.90 Å². The molecule has 1 N–H and O–H groups in total. The molecule has 5 nitrogen and oxygen atoms in total. The second-order valence-corrected chi connectivity index (χ2v) is 8.76. The number of ether oxygens (including phenoxy) is 1. The highest BCUT2D eigenvalue weighted by molar-refractivity contribution is 7.99. The van der Waals surface area contributed by atoms with E-state index >= 15 is 0 Å². The van der Waals surface area contributed by atoms with Crippen molar-refractivity contribution in [1.29, 1.82) is 0 Å². The van der Waals surface area contributed by atoms with E-state index in [0.717, 1.165) is 29.2 Å². The van der Waals surface area contributed by atoms with Crippen LogP contribution in [0.15, 0.2) is 47.4 Å². The van der Waals surface area contributed by atoms with Crippen LogP contribution in [0.25, 0.3) is 0 Å². The number of rotatable bonds is 5. The molecule has 0 saturated carbocycles. The Balaban J connectivity index is 2.02. The summed E-state index contributed by atoms with van der Waals surface area (Å²) in [5.41, 5.74) is 2.09. The summed E-state index contributed by atoms with van der Waals surface area (Å²) in [5, 5.41) is 10.2. The number of hydrogen-bond donors (Lipinski definition) is 1. The Hall–Kier alpha value is -1.89. The van der Waals surface area contributed by atoms with Gasteiger partial charge in [-0.3, -0.25) is 4.79 Å². The Labute approximate surface area is 175 Å². The monoisotopic (exact) mass is 420 g/mol. The lowest BCUT2D eigenvalue weighted by molar-refractivity contribution is -0.145. The highest BCUT2D eigenvalue weighted by atomic mass is 35.5. The Morgan fingerprint density at radius 2 is 2.00 bits per heavy atom. The largest absolute Gasteiger partial charge is 0.508 e. The van der Waals surface area contributed by atoms with Crippen molar-refractivity contribution in [2.75, 3.05) is 38.6 Å². The average Bonchev–Trinajstić information content (AvgIpc) is 2.77. The number of nitrogens with zero attached hydrogens (tertiary/aromatic N) is 2. The van der Waals surface area contributed by atoms with Gasteiger partial charge < -0.3 is 19.6 Å². The van der Waals surface area contributed by atoms with Crippen LogP contribution in [-0.2, 0) is 9.53 Å². The summed E-state index contributed by atoms with van der Waals surface area (Å²) in [6, 6.07) is 13.0. The normalized spacial score (nSPS) is 19.2. The Kier molecular flexibility index (Phi) is 6.75. The maximum atomic E-state index is 11.8. The van der Waals surface area contributed by atoms with E-state index in [-0.39, 0.29) is 23.1 Å². The number of carbonyl (C=O) groups excluding carboxylic acids is 1. The summed E-state index contributed by atoms with van der Waals surface area (Å²) in [6.07, 6.45) is -0.333. The van der Waals surface area contributed by atoms with Gasteiger partial charge in [-0.2, -0.15) is 0 Å². The van der Waals surface area contributed by atoms with Gasteiger partial charge in [0.25, 0.3) is 0 Å². The van der Waals surface area contributed by atoms with E-state index < -0.39 is 0 Å². The topological polar surface area (TPSA) is 53.0 Å². The van der Waals surface area contributed by atoms with Crippen molar-refractivity contribution in [1.82, 2.24) is 4.90 Å². The Morgan fingerprint density at radius 3 is 2.64 bits per heavy atom. The van der Waals surface area contributed by atoms with Gasteiger partial charge in [-0.15, -0.1) is 11.8 Å². The lowest BCUT2D eigenvalue weighted by Gasteiger charge is -2.30. The predicted molar refractivity (Wildman–Crippen MR) is 114 cm³/mol. The van der Waals surface area contributed by atoms with Crippen molar-refractivity contribution >= 4 is 35.0 Å². The molecular weight excluding hydrogens is 396 g/mol. The molecule has 0 unspecified atom stereocenters. The lowest BCUT2D eigenvalue weighted by atomic mass is 10.1. The number of phenols is 1. The summed E-state index contributed by atoms with van der Waals surface area (Å²) < 4.78 is 5.76. The fourth-order valence-corrected chi connectivity index (χ4v) is 4.87. The Bertz CT molecular complexity index is 829. The van der Waals surface area contributed by atoms with Gasteiger partial charge in [0.2, 0.25) is 0 Å². The molecule has 0 bridgehead atoms. The van der Waals surface area contributed by atoms with Crippen LogP contribution in [-0.4, -0.2) is 55.8 Å². The molecule has 2 aromatic rings. The molecule has 0 spiro atoms. The molecular formula is C21H25ClN2O3S. The van der Waals surface area contributed by atoms with Crippen molar-refractivity contribution in [3.05, 3.63) is 53.1 Å². The molecule has 7 heteroatoms. The number of anilines is 1. The van der Waals surface area contributed by atoms with Crippen LogP contribution in [0.3, 0.4) is 0 Å². The van der Waals surface area contributed by atoms with Gasteiger partial charge in [-0.25, -0.2) is 0 Å². The summed E-state index contributed by atoms with van der Waals surface area (Å²) >= 11 is 7.92. The number of fused-ring (bicyclic) bond motifs is 1. The highest BCUT2D eigenvalue weighted by Gasteiger charge is 2.34. The number of esters is 1. The molecule has 2 atom stereocenters. The Morgan fingerprint density at radius 1 is 1.29 bits per heavy atom. The third kappa shape index (κ3) is 5.13. The molecule has 0 fully saturated rings. The third-order valence-corrected chi connectivity index (χ3v) is 6.26. The third-order valence-electron chi connectivity index (χ3n) is 4.61. The zero-order valence-electron chi connectivity index (χ0n) is 16.3. The molecule has 1 heterocycles. The molecule has 0 saturated heterocycles. The first-order valence-electron chi connectivity index (χ1n) is 9.15. The second kappa shape index (κ2) is 9.07. The van der Waals surface area contributed by atoms with Crippen LogP contribution in [0.4, 0.5) is 5.69 Å². The summed E-state index contributed by atoms with van der Waals surface area (Å²) in [4.78, 5) is 17.3. The number of thioether (sulfide) groups is 1. The first kappa shape index (κ1) is 20.8. The maximum absolute atomic E-state index is 11.8. The standard InChI is InChI=1S/C21H25ClN2O3S/c1-14(25)27-19-13-24(11-10-23(2)3)18-9-6-16(22)12-20(18)28-21(19)15-4-7-17(26)8-5-15/h4-9,12,19,21,26H,10-11,13H2,1-3H3/t19-,21-/m0/s1. The lowest BCUT2D eigenvalue weighted by Crippen LogP contribution is -2.39. The first-order valence-corrected chi connectivity index (χ1v) is 10.4. The molecule has 28 heavy (non-hydrogen) atoms. The van der Waals surface area contributed by atoms with Gasteiger partial charge in [-0.1, -0.05) is 23.7 Å². The van der Waals surface area contributed by atoms with Crippen LogP contribution in [0, 0.1) is 0 Å². The van der Waals surface area contributed by atoms with Gasteiger partial charge in [0.05, 0.1) is 17.5 Å². The van der Waals surface area contributed by atoms with Gasteiger partial charge in [0, 0.05) is 29.9 Å². The summed E-state index contributed by atoms with van der Waals surface area (Å²) in [5.74, 6) is -0.0895. The summed E-state index contributed by atoms with van der Waals surface area (Å²) in [6.45, 7) is 3.71. The van der Waals surface area contributed by atoms with Crippen molar-refractivity contribution in [3.8, 4) is 5.75 Å². The fraction of sp³-hybridized carbons (Fsp3) is 0.381. The van der Waals surface area contributed by atoms with E-state index in [1.54, 1.807) is 23.9 Å². The van der Waals surface area contributed by atoms with Crippen LogP contribution in [0.5, 0.6) is 5.75 Å². The number of carbonyl (C=O) groups is 1. The zero-order chi connectivity index (χ0) is 20.3. The van der Waals surface area contributed by atoms with Gasteiger partial charge in [0.15, 0.2) is 0 Å². The van der Waals surface area contributed by atoms with Crippen molar-refractivity contribution < 1.29 is 14.6 Å². The number of aromatic hydroxyl groups is 1. The predicted octanol–water partition coefficient (Wildman–Crippen LogP) is 4.19. The molecule has 1 aliphatic heterocycles. The molecule has 0 amide bonds. The molecule has 0 aliphatic carbocycles. The van der Waals surface area contributed by atoms with Gasteiger partial charge in [-0.05, 0) is 50.0 Å². The fourth-order valence-electron chi connectivity index (χ4n) is 3.26. The minimum absolute atomic E-state index is 0.105. The molecule has 0 radical (unpaired) electrons. The second-order valence-electron chi connectivity index (χ2n) is 7.14. The quantitative estimate of drug-likeness (QED) is 0.732. The number of hydrogen-bond acceptors (Lipinski definition) is 6. The van der Waals surface area contributed by atoms with Crippen LogP contribution >= 0.6 is 23.4 Å².